The fraction of sp³-hybridized carbons (Fsp3) is 0.414. The van der Waals surface area contributed by atoms with Crippen LogP contribution in [0, 0.1) is 0 Å². The Morgan fingerprint density at radius 2 is 1.29 bits per heavy atom. The molecule has 0 bridgehead atoms. The summed E-state index contributed by atoms with van der Waals surface area (Å²) in [6, 6.07) is 25.6. The van der Waals surface area contributed by atoms with E-state index >= 15 is 0 Å². The van der Waals surface area contributed by atoms with Crippen LogP contribution in [0.25, 0.3) is 0 Å². The fourth-order valence-corrected chi connectivity index (χ4v) is 9.15. The van der Waals surface area contributed by atoms with Crippen molar-refractivity contribution < 1.29 is 18.4 Å². The molecular weight excluding hydrogens is 440 g/mol. The van der Waals surface area contributed by atoms with E-state index in [9.17, 15) is 4.79 Å². The summed E-state index contributed by atoms with van der Waals surface area (Å²) < 4.78 is 18.0. The van der Waals surface area contributed by atoms with Gasteiger partial charge in [0.05, 0.1) is 6.61 Å². The molecule has 0 atom stereocenters. The summed E-state index contributed by atoms with van der Waals surface area (Å²) in [5.41, 5.74) is 0. The van der Waals surface area contributed by atoms with Gasteiger partial charge in [0.2, 0.25) is 0 Å². The lowest BCUT2D eigenvalue weighted by molar-refractivity contribution is -0.141. The maximum atomic E-state index is 10.8. The van der Waals surface area contributed by atoms with Gasteiger partial charge in [-0.15, -0.1) is 0 Å². The number of hydrogen-bond donors (Lipinski definition) is 0. The summed E-state index contributed by atoms with van der Waals surface area (Å²) >= 11 is 0. The third kappa shape index (κ3) is 6.70. The Bertz CT molecular complexity index is 966. The molecule has 1 heterocycles. The molecule has 0 aliphatic rings. The summed E-state index contributed by atoms with van der Waals surface area (Å²) in [5, 5.41) is 2.60. The van der Waals surface area contributed by atoms with Crippen molar-refractivity contribution in [2.24, 2.45) is 0 Å². The highest BCUT2D eigenvalue weighted by Crippen LogP contribution is 2.36. The molecule has 0 aliphatic heterocycles. The molecule has 5 heteroatoms. The van der Waals surface area contributed by atoms with E-state index in [1.54, 1.807) is 0 Å². The zero-order valence-corrected chi connectivity index (χ0v) is 22.0. The summed E-state index contributed by atoms with van der Waals surface area (Å²) in [5.74, 6) is 1.77. The van der Waals surface area contributed by atoms with Gasteiger partial charge in [0.25, 0.3) is 8.32 Å². The quantitative estimate of drug-likeness (QED) is 0.191. The zero-order valence-electron chi connectivity index (χ0n) is 21.0. The number of furan rings is 1. The zero-order chi connectivity index (χ0) is 24.4. The van der Waals surface area contributed by atoms with Crippen molar-refractivity contribution in [3.63, 3.8) is 0 Å². The van der Waals surface area contributed by atoms with E-state index in [2.05, 4.69) is 93.6 Å². The predicted octanol–water partition coefficient (Wildman–Crippen LogP) is 5.67. The Hall–Kier alpha value is -2.63. The fourth-order valence-electron chi connectivity index (χ4n) is 4.54. The first kappa shape index (κ1) is 26.0. The average Bonchev–Trinajstić information content (AvgIpc) is 3.27. The first-order valence-corrected chi connectivity index (χ1v) is 14.2. The van der Waals surface area contributed by atoms with Gasteiger partial charge >= 0.3 is 5.97 Å². The Morgan fingerprint density at radius 3 is 1.79 bits per heavy atom. The van der Waals surface area contributed by atoms with Crippen LogP contribution in [0.1, 0.15) is 58.5 Å². The molecule has 3 rings (SSSR count). The van der Waals surface area contributed by atoms with Crippen LogP contribution >= 0.6 is 0 Å². The monoisotopic (exact) mass is 478 g/mol. The first-order chi connectivity index (χ1) is 16.3. The van der Waals surface area contributed by atoms with Crippen molar-refractivity contribution in [3.05, 3.63) is 84.3 Å². The van der Waals surface area contributed by atoms with Crippen LogP contribution in [0.3, 0.4) is 0 Å². The number of carbonyl (C=O) groups excluding carboxylic acids is 1. The molecule has 0 saturated carbocycles. The van der Waals surface area contributed by atoms with E-state index in [4.69, 9.17) is 13.6 Å². The second-order valence-corrected chi connectivity index (χ2v) is 14.1. The molecule has 4 nitrogen and oxygen atoms in total. The first-order valence-electron chi connectivity index (χ1n) is 12.3. The van der Waals surface area contributed by atoms with Crippen LogP contribution in [0.15, 0.2) is 77.2 Å². The number of aryl methyl sites for hydroxylation is 2. The van der Waals surface area contributed by atoms with Crippen LogP contribution in [0.2, 0.25) is 5.04 Å². The molecule has 1 aromatic heterocycles. The summed E-state index contributed by atoms with van der Waals surface area (Å²) in [7, 11) is -2.48. The van der Waals surface area contributed by atoms with E-state index in [0.29, 0.717) is 13.2 Å². The Kier molecular flexibility index (Phi) is 9.31. The standard InChI is InChI=1S/C29H38O4Si/c1-24(30)31-22-12-11-14-25-20-21-26(33-25)15-13-23-32-34(29(2,3)4,27-16-7-5-8-17-27)28-18-9-6-10-19-28/h5-10,16-21H,11-15,22-23H2,1-4H3. The van der Waals surface area contributed by atoms with Crippen molar-refractivity contribution in [1.29, 1.82) is 0 Å². The SMILES string of the molecule is CC(=O)OCCCCc1ccc(CCCO[Si](c2ccccc2)(c2ccccc2)C(C)(C)C)o1. The van der Waals surface area contributed by atoms with Gasteiger partial charge in [0, 0.05) is 26.4 Å². The minimum absolute atomic E-state index is 0.0142. The van der Waals surface area contributed by atoms with Crippen LogP contribution in [-0.2, 0) is 26.8 Å². The van der Waals surface area contributed by atoms with E-state index in [1.165, 1.54) is 17.3 Å². The van der Waals surface area contributed by atoms with Crippen LogP contribution in [-0.4, -0.2) is 27.5 Å². The highest BCUT2D eigenvalue weighted by molar-refractivity contribution is 6.99. The van der Waals surface area contributed by atoms with Gasteiger partial charge in [-0.2, -0.15) is 0 Å². The number of unbranched alkanes of at least 4 members (excludes halogenated alkanes) is 1. The van der Waals surface area contributed by atoms with E-state index < -0.39 is 8.32 Å². The Labute approximate surface area is 205 Å². The number of ether oxygens (including phenoxy) is 1. The number of benzene rings is 2. The van der Waals surface area contributed by atoms with Crippen LogP contribution < -0.4 is 10.4 Å². The highest BCUT2D eigenvalue weighted by atomic mass is 28.4. The van der Waals surface area contributed by atoms with Crippen molar-refractivity contribution in [2.45, 2.75) is 64.8 Å². The van der Waals surface area contributed by atoms with Crippen molar-refractivity contribution >= 4 is 24.7 Å². The minimum atomic E-state index is -2.48. The van der Waals surface area contributed by atoms with Crippen molar-refractivity contribution in [3.8, 4) is 0 Å². The summed E-state index contributed by atoms with van der Waals surface area (Å²) in [4.78, 5) is 10.8. The second-order valence-electron chi connectivity index (χ2n) is 9.78. The predicted molar refractivity (Wildman–Crippen MR) is 140 cm³/mol. The average molecular weight is 479 g/mol. The van der Waals surface area contributed by atoms with E-state index in [0.717, 1.165) is 43.6 Å². The molecule has 0 saturated heterocycles. The lowest BCUT2D eigenvalue weighted by Gasteiger charge is -2.43. The Morgan fingerprint density at radius 1 is 0.765 bits per heavy atom. The van der Waals surface area contributed by atoms with Gasteiger partial charge in [-0.05, 0) is 46.8 Å². The lowest BCUT2D eigenvalue weighted by Crippen LogP contribution is -2.66. The second kappa shape index (κ2) is 12.2. The third-order valence-electron chi connectivity index (χ3n) is 6.14. The largest absolute Gasteiger partial charge is 0.466 e. The molecule has 182 valence electrons. The van der Waals surface area contributed by atoms with Gasteiger partial charge in [-0.3, -0.25) is 4.79 Å². The van der Waals surface area contributed by atoms with Gasteiger partial charge < -0.3 is 13.6 Å². The van der Waals surface area contributed by atoms with Crippen LogP contribution in [0.5, 0.6) is 0 Å². The van der Waals surface area contributed by atoms with Crippen LogP contribution in [0.4, 0.5) is 0 Å². The molecule has 3 aromatic rings. The molecule has 0 radical (unpaired) electrons. The normalized spacial score (nSPS) is 12.0. The summed E-state index contributed by atoms with van der Waals surface area (Å²) in [6.07, 6.45) is 4.41. The highest BCUT2D eigenvalue weighted by Gasteiger charge is 2.49. The molecule has 0 aliphatic carbocycles. The molecule has 34 heavy (non-hydrogen) atoms. The molecule has 2 aromatic carbocycles. The van der Waals surface area contributed by atoms with E-state index in [1.807, 2.05) is 0 Å². The number of hydrogen-bond acceptors (Lipinski definition) is 4. The number of esters is 1. The minimum Gasteiger partial charge on any atom is -0.466 e. The maximum Gasteiger partial charge on any atom is 0.302 e. The van der Waals surface area contributed by atoms with Crippen molar-refractivity contribution in [1.82, 2.24) is 0 Å². The molecule has 0 N–H and O–H groups in total. The topological polar surface area (TPSA) is 48.7 Å². The smallest absolute Gasteiger partial charge is 0.302 e. The maximum absolute atomic E-state index is 10.8. The van der Waals surface area contributed by atoms with Gasteiger partial charge in [0.15, 0.2) is 0 Å². The third-order valence-corrected chi connectivity index (χ3v) is 11.2. The molecule has 0 fully saturated rings. The van der Waals surface area contributed by atoms with E-state index in [-0.39, 0.29) is 11.0 Å². The number of rotatable bonds is 12. The molecule has 0 spiro atoms. The molecule has 0 unspecified atom stereocenters. The van der Waals surface area contributed by atoms with Gasteiger partial charge in [-0.25, -0.2) is 0 Å². The number of carbonyl (C=O) groups is 1. The van der Waals surface area contributed by atoms with Gasteiger partial charge in [0.1, 0.15) is 11.5 Å². The summed E-state index contributed by atoms with van der Waals surface area (Å²) in [6.45, 7) is 9.52. The van der Waals surface area contributed by atoms with Crippen molar-refractivity contribution in [2.75, 3.05) is 13.2 Å². The lowest BCUT2D eigenvalue weighted by atomic mass is 10.2. The van der Waals surface area contributed by atoms with Gasteiger partial charge in [-0.1, -0.05) is 81.4 Å². The molecule has 0 amide bonds. The Balaban J connectivity index is 1.62. The molecular formula is C29H38O4Si.